The molecule has 0 saturated carbocycles. The minimum Gasteiger partial charge on any atom is -0.290 e. The number of amides is 1. The normalized spacial score (nSPS) is 12.6. The number of fused-ring (bicyclic) bond motifs is 2. The zero-order valence-electron chi connectivity index (χ0n) is 14.8. The predicted molar refractivity (Wildman–Crippen MR) is 98.2 cm³/mol. The van der Waals surface area contributed by atoms with E-state index >= 15 is 0 Å². The molecule has 1 N–H and O–H groups in total. The Kier molecular flexibility index (Phi) is 3.87. The van der Waals surface area contributed by atoms with Gasteiger partial charge in [0.05, 0.1) is 23.2 Å². The summed E-state index contributed by atoms with van der Waals surface area (Å²) in [6.45, 7) is 6.05. The van der Waals surface area contributed by atoms with Gasteiger partial charge >= 0.3 is 0 Å². The van der Waals surface area contributed by atoms with Crippen LogP contribution < -0.4 is 5.32 Å². The fraction of sp³-hybridized carbons (Fsp3) is 0.278. The highest BCUT2D eigenvalue weighted by molar-refractivity contribution is 6.11. The topological polar surface area (TPSA) is 90.0 Å². The summed E-state index contributed by atoms with van der Waals surface area (Å²) in [6, 6.07) is 7.53. The van der Waals surface area contributed by atoms with Gasteiger partial charge in [-0.25, -0.2) is 9.67 Å². The smallest absolute Gasteiger partial charge is 0.258 e. The number of nitrogens with zero attached hydrogens (tertiary/aromatic N) is 6. The van der Waals surface area contributed by atoms with Crippen LogP contribution in [-0.2, 0) is 0 Å². The molecule has 4 heterocycles. The lowest BCUT2D eigenvalue weighted by Crippen LogP contribution is -2.15. The molecule has 4 rings (SSSR count). The van der Waals surface area contributed by atoms with E-state index in [-0.39, 0.29) is 11.9 Å². The summed E-state index contributed by atoms with van der Waals surface area (Å²) < 4.78 is 3.59. The van der Waals surface area contributed by atoms with Crippen LogP contribution in [0, 0.1) is 6.92 Å². The molecule has 0 fully saturated rings. The monoisotopic (exact) mass is 349 g/mol. The van der Waals surface area contributed by atoms with Crippen LogP contribution in [0.25, 0.3) is 16.7 Å². The molecule has 1 unspecified atom stereocenters. The van der Waals surface area contributed by atoms with E-state index in [1.807, 2.05) is 29.8 Å². The molecule has 1 amide bonds. The largest absolute Gasteiger partial charge is 0.290 e. The van der Waals surface area contributed by atoms with Gasteiger partial charge in [-0.2, -0.15) is 5.10 Å². The van der Waals surface area contributed by atoms with Crippen molar-refractivity contribution in [2.75, 3.05) is 5.32 Å². The quantitative estimate of drug-likeness (QED) is 0.612. The number of nitrogens with one attached hydrogen (secondary N) is 1. The first-order valence-corrected chi connectivity index (χ1v) is 8.54. The summed E-state index contributed by atoms with van der Waals surface area (Å²) in [6.07, 6.45) is 4.43. The first kappa shape index (κ1) is 16.2. The summed E-state index contributed by atoms with van der Waals surface area (Å²) in [5.74, 6) is 0.116. The number of hydrogen-bond donors (Lipinski definition) is 1. The molecule has 0 aromatic carbocycles. The Morgan fingerprint density at radius 1 is 1.31 bits per heavy atom. The summed E-state index contributed by atoms with van der Waals surface area (Å²) in [5, 5.41) is 16.1. The maximum atomic E-state index is 12.9. The van der Waals surface area contributed by atoms with E-state index in [0.29, 0.717) is 17.2 Å². The van der Waals surface area contributed by atoms with Crippen LogP contribution in [0.15, 0.2) is 36.7 Å². The lowest BCUT2D eigenvalue weighted by atomic mass is 10.1. The maximum Gasteiger partial charge on any atom is 0.258 e. The molecule has 0 bridgehead atoms. The van der Waals surface area contributed by atoms with E-state index in [2.05, 4.69) is 39.4 Å². The van der Waals surface area contributed by atoms with Crippen molar-refractivity contribution < 1.29 is 4.79 Å². The number of anilines is 1. The van der Waals surface area contributed by atoms with Crippen molar-refractivity contribution in [2.45, 2.75) is 33.2 Å². The molecule has 0 aliphatic rings. The number of carbonyl (C=O) groups excluding carboxylic acids is 1. The van der Waals surface area contributed by atoms with Gasteiger partial charge in [-0.1, -0.05) is 13.0 Å². The van der Waals surface area contributed by atoms with Gasteiger partial charge in [0.25, 0.3) is 5.91 Å². The maximum absolute atomic E-state index is 12.9. The summed E-state index contributed by atoms with van der Waals surface area (Å²) in [4.78, 5) is 17.5. The van der Waals surface area contributed by atoms with Crippen molar-refractivity contribution in [3.05, 3.63) is 47.9 Å². The molecule has 1 atom stereocenters. The zero-order valence-corrected chi connectivity index (χ0v) is 14.8. The van der Waals surface area contributed by atoms with Gasteiger partial charge in [0, 0.05) is 11.9 Å². The van der Waals surface area contributed by atoms with Crippen molar-refractivity contribution in [2.24, 2.45) is 0 Å². The van der Waals surface area contributed by atoms with Crippen LogP contribution in [0.4, 0.5) is 5.95 Å². The van der Waals surface area contributed by atoms with Crippen LogP contribution in [0.2, 0.25) is 0 Å². The zero-order chi connectivity index (χ0) is 18.3. The van der Waals surface area contributed by atoms with Crippen LogP contribution in [0.5, 0.6) is 0 Å². The lowest BCUT2D eigenvalue weighted by molar-refractivity contribution is 0.102. The Labute approximate surface area is 149 Å². The Balaban J connectivity index is 1.76. The number of carbonyl (C=O) groups is 1. The molecule has 132 valence electrons. The Morgan fingerprint density at radius 2 is 2.15 bits per heavy atom. The third kappa shape index (κ3) is 2.59. The number of rotatable bonds is 4. The fourth-order valence-corrected chi connectivity index (χ4v) is 2.92. The highest BCUT2D eigenvalue weighted by Crippen LogP contribution is 2.23. The van der Waals surface area contributed by atoms with Gasteiger partial charge in [0.15, 0.2) is 11.3 Å². The van der Waals surface area contributed by atoms with Crippen molar-refractivity contribution in [3.63, 3.8) is 0 Å². The molecular weight excluding hydrogens is 330 g/mol. The first-order valence-electron chi connectivity index (χ1n) is 8.54. The van der Waals surface area contributed by atoms with Crippen molar-refractivity contribution in [1.29, 1.82) is 0 Å². The molecule has 4 aromatic rings. The lowest BCUT2D eigenvalue weighted by Gasteiger charge is -2.11. The van der Waals surface area contributed by atoms with E-state index in [0.717, 1.165) is 23.1 Å². The molecule has 8 heteroatoms. The van der Waals surface area contributed by atoms with E-state index in [1.54, 1.807) is 22.9 Å². The van der Waals surface area contributed by atoms with Crippen molar-refractivity contribution in [3.8, 4) is 0 Å². The number of pyridine rings is 2. The predicted octanol–water partition coefficient (Wildman–Crippen LogP) is 3.01. The molecule has 0 aliphatic carbocycles. The van der Waals surface area contributed by atoms with Gasteiger partial charge in [-0.3, -0.25) is 14.5 Å². The fourth-order valence-electron chi connectivity index (χ4n) is 2.92. The molecule has 0 radical (unpaired) electrons. The van der Waals surface area contributed by atoms with Gasteiger partial charge < -0.3 is 0 Å². The van der Waals surface area contributed by atoms with E-state index in [4.69, 9.17) is 0 Å². The molecule has 8 nitrogen and oxygen atoms in total. The minimum absolute atomic E-state index is 0.207. The minimum atomic E-state index is -0.262. The van der Waals surface area contributed by atoms with E-state index in [1.165, 1.54) is 0 Å². The molecule has 0 saturated heterocycles. The third-order valence-corrected chi connectivity index (χ3v) is 4.49. The molecular formula is C18H19N7O. The van der Waals surface area contributed by atoms with Gasteiger partial charge in [0.1, 0.15) is 0 Å². The SMILES string of the molecule is CCC(C)n1ncc2c(C(=O)Nc3nnc4ccccn34)cc(C)nc21. The highest BCUT2D eigenvalue weighted by atomic mass is 16.1. The number of aromatic nitrogens is 6. The van der Waals surface area contributed by atoms with Crippen LogP contribution in [-0.4, -0.2) is 35.3 Å². The Morgan fingerprint density at radius 3 is 2.96 bits per heavy atom. The van der Waals surface area contributed by atoms with E-state index < -0.39 is 0 Å². The van der Waals surface area contributed by atoms with Gasteiger partial charge in [0.2, 0.25) is 5.95 Å². The number of hydrogen-bond acceptors (Lipinski definition) is 5. The molecule has 0 spiro atoms. The highest BCUT2D eigenvalue weighted by Gasteiger charge is 2.19. The second-order valence-corrected chi connectivity index (χ2v) is 6.30. The Hall–Kier alpha value is -3.29. The van der Waals surface area contributed by atoms with Crippen LogP contribution in [0.3, 0.4) is 0 Å². The van der Waals surface area contributed by atoms with Crippen molar-refractivity contribution >= 4 is 28.5 Å². The third-order valence-electron chi connectivity index (χ3n) is 4.49. The van der Waals surface area contributed by atoms with E-state index in [9.17, 15) is 4.79 Å². The standard InChI is InChI=1S/C18H19N7O/c1-4-12(3)25-16-14(10-19-25)13(9-11(2)20-16)17(26)21-18-23-22-15-7-5-6-8-24(15)18/h5-10,12H,4H2,1-3H3,(H,21,23,26). The molecule has 26 heavy (non-hydrogen) atoms. The van der Waals surface area contributed by atoms with Gasteiger partial charge in [-0.05, 0) is 38.5 Å². The first-order chi connectivity index (χ1) is 12.6. The average Bonchev–Trinajstić information content (AvgIpc) is 3.25. The second-order valence-electron chi connectivity index (χ2n) is 6.30. The summed E-state index contributed by atoms with van der Waals surface area (Å²) in [5.41, 5.74) is 2.67. The second kappa shape index (κ2) is 6.21. The van der Waals surface area contributed by atoms with Crippen LogP contribution >= 0.6 is 0 Å². The Bertz CT molecular complexity index is 1110. The number of aryl methyl sites for hydroxylation is 1. The summed E-state index contributed by atoms with van der Waals surface area (Å²) in [7, 11) is 0. The average molecular weight is 349 g/mol. The molecule has 0 aliphatic heterocycles. The summed E-state index contributed by atoms with van der Waals surface area (Å²) >= 11 is 0. The van der Waals surface area contributed by atoms with Crippen LogP contribution in [0.1, 0.15) is 42.4 Å². The van der Waals surface area contributed by atoms with Crippen molar-refractivity contribution in [1.82, 2.24) is 29.4 Å². The van der Waals surface area contributed by atoms with Gasteiger partial charge in [-0.15, -0.1) is 10.2 Å². The molecule has 4 aromatic heterocycles.